The molecule has 0 aliphatic heterocycles. The van der Waals surface area contributed by atoms with Crippen LogP contribution in [-0.4, -0.2) is 4.57 Å². The summed E-state index contributed by atoms with van der Waals surface area (Å²) in [5.74, 6) is 0. The first-order valence-corrected chi connectivity index (χ1v) is 7.32. The third-order valence-corrected chi connectivity index (χ3v) is 4.61. The van der Waals surface area contributed by atoms with Crippen molar-refractivity contribution in [3.05, 3.63) is 61.0 Å². The maximum Gasteiger partial charge on any atom is 0.265 e. The van der Waals surface area contributed by atoms with Crippen LogP contribution >= 0.6 is 15.9 Å². The molecule has 3 nitrogen and oxygen atoms in total. The van der Waals surface area contributed by atoms with E-state index >= 15 is 0 Å². The fraction of sp³-hybridized carbons (Fsp3) is 0.312. The largest absolute Gasteiger partial charge is 0.397 e. The quantitative estimate of drug-likeness (QED) is 0.913. The Kier molecular flexibility index (Phi) is 4.04. The minimum Gasteiger partial charge on any atom is -0.397 e. The summed E-state index contributed by atoms with van der Waals surface area (Å²) < 4.78 is 2.21. The van der Waals surface area contributed by atoms with E-state index in [1.165, 1.54) is 22.3 Å². The van der Waals surface area contributed by atoms with E-state index < -0.39 is 0 Å². The van der Waals surface area contributed by atoms with E-state index in [9.17, 15) is 4.79 Å². The molecular weight excluding hydrogens is 316 g/mol. The third-order valence-electron chi connectivity index (χ3n) is 3.67. The molecule has 0 saturated carbocycles. The minimum atomic E-state index is -0.0453. The Bertz CT molecular complexity index is 709. The average Bonchev–Trinajstić information content (AvgIpc) is 2.37. The van der Waals surface area contributed by atoms with Gasteiger partial charge in [0.05, 0.1) is 16.7 Å². The van der Waals surface area contributed by atoms with Crippen LogP contribution in [0, 0.1) is 27.7 Å². The predicted molar refractivity (Wildman–Crippen MR) is 87.3 cm³/mol. The van der Waals surface area contributed by atoms with Crippen LogP contribution in [0.1, 0.15) is 27.8 Å². The summed E-state index contributed by atoms with van der Waals surface area (Å²) in [6, 6.07) is 4.28. The summed E-state index contributed by atoms with van der Waals surface area (Å²) in [5, 5.41) is 0. The van der Waals surface area contributed by atoms with Gasteiger partial charge in [-0.1, -0.05) is 17.7 Å². The van der Waals surface area contributed by atoms with Crippen LogP contribution in [0.2, 0.25) is 0 Å². The van der Waals surface area contributed by atoms with Crippen LogP contribution in [0.25, 0.3) is 0 Å². The fourth-order valence-electron chi connectivity index (χ4n) is 2.48. The Morgan fingerprint density at radius 3 is 2.25 bits per heavy atom. The van der Waals surface area contributed by atoms with Gasteiger partial charge in [0.25, 0.3) is 5.56 Å². The summed E-state index contributed by atoms with van der Waals surface area (Å²) in [7, 11) is 0. The van der Waals surface area contributed by atoms with E-state index in [-0.39, 0.29) is 5.56 Å². The Labute approximate surface area is 127 Å². The van der Waals surface area contributed by atoms with Gasteiger partial charge < -0.3 is 10.3 Å². The number of aromatic nitrogens is 1. The number of nitrogen functional groups attached to an aromatic ring is 1. The average molecular weight is 335 g/mol. The van der Waals surface area contributed by atoms with Crippen molar-refractivity contribution in [2.24, 2.45) is 0 Å². The lowest BCUT2D eigenvalue weighted by Crippen LogP contribution is -2.23. The van der Waals surface area contributed by atoms with Crippen LogP contribution in [-0.2, 0) is 6.54 Å². The number of nitrogens with zero attached hydrogens (tertiary/aromatic N) is 1. The molecule has 0 bridgehead atoms. The summed E-state index contributed by atoms with van der Waals surface area (Å²) in [6.45, 7) is 8.61. The van der Waals surface area contributed by atoms with Gasteiger partial charge >= 0.3 is 0 Å². The third kappa shape index (κ3) is 2.66. The highest BCUT2D eigenvalue weighted by molar-refractivity contribution is 9.10. The van der Waals surface area contributed by atoms with Gasteiger partial charge in [-0.15, -0.1) is 0 Å². The smallest absolute Gasteiger partial charge is 0.265 e. The molecule has 0 unspecified atom stereocenters. The monoisotopic (exact) mass is 334 g/mol. The highest BCUT2D eigenvalue weighted by Gasteiger charge is 2.11. The van der Waals surface area contributed by atoms with Crippen molar-refractivity contribution in [1.82, 2.24) is 4.57 Å². The number of anilines is 1. The Morgan fingerprint density at radius 2 is 1.70 bits per heavy atom. The van der Waals surface area contributed by atoms with Gasteiger partial charge in [0.1, 0.15) is 0 Å². The molecule has 0 radical (unpaired) electrons. The van der Waals surface area contributed by atoms with Crippen molar-refractivity contribution in [1.29, 1.82) is 0 Å². The lowest BCUT2D eigenvalue weighted by atomic mass is 10.00. The van der Waals surface area contributed by atoms with Gasteiger partial charge in [0.2, 0.25) is 0 Å². The lowest BCUT2D eigenvalue weighted by molar-refractivity contribution is 0.746. The minimum absolute atomic E-state index is 0.0453. The number of halogens is 1. The molecule has 4 heteroatoms. The molecule has 106 valence electrons. The zero-order valence-corrected chi connectivity index (χ0v) is 13.8. The molecule has 1 heterocycles. The zero-order chi connectivity index (χ0) is 15.0. The van der Waals surface area contributed by atoms with Crippen LogP contribution in [0.5, 0.6) is 0 Å². The Balaban J connectivity index is 2.54. The van der Waals surface area contributed by atoms with Crippen molar-refractivity contribution < 1.29 is 0 Å². The zero-order valence-electron chi connectivity index (χ0n) is 12.2. The van der Waals surface area contributed by atoms with Crippen LogP contribution in [0.15, 0.2) is 27.6 Å². The van der Waals surface area contributed by atoms with Crippen LogP contribution in [0.4, 0.5) is 5.69 Å². The standard InChI is InChI=1S/C16H19BrN2O/c1-9-5-10(2)13(11(3)6-9)7-19-8-14(18)12(4)15(17)16(19)20/h5-6,8H,7,18H2,1-4H3. The van der Waals surface area contributed by atoms with E-state index in [4.69, 9.17) is 5.73 Å². The number of aryl methyl sites for hydroxylation is 3. The van der Waals surface area contributed by atoms with Gasteiger partial charge in [-0.25, -0.2) is 0 Å². The summed E-state index contributed by atoms with van der Waals surface area (Å²) >= 11 is 3.33. The van der Waals surface area contributed by atoms with Crippen molar-refractivity contribution >= 4 is 21.6 Å². The maximum atomic E-state index is 12.3. The molecule has 0 fully saturated rings. The van der Waals surface area contributed by atoms with Crippen LogP contribution in [0.3, 0.4) is 0 Å². The first-order valence-electron chi connectivity index (χ1n) is 6.53. The molecule has 0 aliphatic rings. The molecule has 0 saturated heterocycles. The van der Waals surface area contributed by atoms with Gasteiger partial charge in [-0.3, -0.25) is 4.79 Å². The normalized spacial score (nSPS) is 10.8. The second-order valence-corrected chi connectivity index (χ2v) is 6.13. The number of rotatable bonds is 2. The molecule has 0 spiro atoms. The van der Waals surface area contributed by atoms with E-state index in [1.54, 1.807) is 10.8 Å². The van der Waals surface area contributed by atoms with Crippen molar-refractivity contribution in [2.45, 2.75) is 34.2 Å². The van der Waals surface area contributed by atoms with Crippen LogP contribution < -0.4 is 11.3 Å². The van der Waals surface area contributed by atoms with Crippen molar-refractivity contribution in [2.75, 3.05) is 5.73 Å². The number of hydrogen-bond donors (Lipinski definition) is 1. The highest BCUT2D eigenvalue weighted by Crippen LogP contribution is 2.20. The van der Waals surface area contributed by atoms with E-state index in [1.807, 2.05) is 6.92 Å². The first-order chi connectivity index (χ1) is 9.31. The highest BCUT2D eigenvalue weighted by atomic mass is 79.9. The lowest BCUT2D eigenvalue weighted by Gasteiger charge is -2.15. The predicted octanol–water partition coefficient (Wildman–Crippen LogP) is 3.47. The molecule has 0 aliphatic carbocycles. The summed E-state index contributed by atoms with van der Waals surface area (Å²) in [4.78, 5) is 12.3. The summed E-state index contributed by atoms with van der Waals surface area (Å²) in [5.41, 5.74) is 12.1. The molecule has 0 atom stereocenters. The molecule has 20 heavy (non-hydrogen) atoms. The molecular formula is C16H19BrN2O. The Hall–Kier alpha value is -1.55. The van der Waals surface area contributed by atoms with Gasteiger partial charge in [0.15, 0.2) is 0 Å². The van der Waals surface area contributed by atoms with E-state index in [0.29, 0.717) is 16.7 Å². The number of hydrogen-bond acceptors (Lipinski definition) is 2. The SMILES string of the molecule is Cc1cc(C)c(Cn2cc(N)c(C)c(Br)c2=O)c(C)c1. The topological polar surface area (TPSA) is 48.0 Å². The fourth-order valence-corrected chi connectivity index (χ4v) is 2.94. The van der Waals surface area contributed by atoms with Gasteiger partial charge in [0, 0.05) is 6.20 Å². The first kappa shape index (κ1) is 14.9. The second-order valence-electron chi connectivity index (χ2n) is 5.33. The summed E-state index contributed by atoms with van der Waals surface area (Å²) in [6.07, 6.45) is 1.72. The Morgan fingerprint density at radius 1 is 1.15 bits per heavy atom. The maximum absolute atomic E-state index is 12.3. The van der Waals surface area contributed by atoms with Gasteiger partial charge in [-0.2, -0.15) is 0 Å². The number of nitrogens with two attached hydrogens (primary N) is 1. The van der Waals surface area contributed by atoms with E-state index in [0.717, 1.165) is 5.56 Å². The van der Waals surface area contributed by atoms with Crippen molar-refractivity contribution in [3.8, 4) is 0 Å². The van der Waals surface area contributed by atoms with Gasteiger partial charge in [-0.05, 0) is 65.9 Å². The molecule has 0 amide bonds. The van der Waals surface area contributed by atoms with Crippen molar-refractivity contribution in [3.63, 3.8) is 0 Å². The number of pyridine rings is 1. The molecule has 1 aromatic carbocycles. The molecule has 2 N–H and O–H groups in total. The molecule has 1 aromatic heterocycles. The molecule has 2 rings (SSSR count). The molecule has 2 aromatic rings. The van der Waals surface area contributed by atoms with E-state index in [2.05, 4.69) is 48.8 Å². The number of benzene rings is 1. The second kappa shape index (κ2) is 5.44.